The topological polar surface area (TPSA) is 82.3 Å². The molecule has 1 aliphatic rings. The number of rotatable bonds is 2. The summed E-state index contributed by atoms with van der Waals surface area (Å²) in [5.41, 5.74) is 0.784. The molecule has 104 valence electrons. The smallest absolute Gasteiger partial charge is 0.346 e. The molecule has 0 spiro atoms. The molecule has 0 saturated carbocycles. The summed E-state index contributed by atoms with van der Waals surface area (Å²) in [6.07, 6.45) is 1.59. The fraction of sp³-hybridized carbons (Fsp3) is 0. The van der Waals surface area contributed by atoms with E-state index in [1.807, 2.05) is 0 Å². The van der Waals surface area contributed by atoms with Crippen molar-refractivity contribution in [2.45, 2.75) is 5.03 Å². The van der Waals surface area contributed by atoms with Crippen molar-refractivity contribution in [3.8, 4) is 0 Å². The number of esters is 1. The summed E-state index contributed by atoms with van der Waals surface area (Å²) in [7, 11) is 0. The first-order valence-corrected chi connectivity index (χ1v) is 6.82. The molecule has 0 radical (unpaired) electrons. The van der Waals surface area contributed by atoms with Gasteiger partial charge in [0.05, 0.1) is 10.5 Å². The molecule has 1 aromatic heterocycles. The lowest BCUT2D eigenvalue weighted by Gasteiger charge is -2.06. The van der Waals surface area contributed by atoms with E-state index in [4.69, 9.17) is 4.74 Å². The van der Waals surface area contributed by atoms with Crippen molar-refractivity contribution in [3.63, 3.8) is 0 Å². The summed E-state index contributed by atoms with van der Waals surface area (Å²) in [6, 6.07) is 9.22. The maximum absolute atomic E-state index is 12.1. The SMILES string of the molecule is O=C1OC(c2cccc([N+](=O)[O-])c2)=CSc2ncccc21. The highest BCUT2D eigenvalue weighted by molar-refractivity contribution is 8.02. The Hall–Kier alpha value is -2.67. The average Bonchev–Trinajstić information content (AvgIpc) is 2.67. The number of aromatic nitrogens is 1. The molecule has 0 amide bonds. The first-order valence-electron chi connectivity index (χ1n) is 5.94. The molecule has 0 fully saturated rings. The third-order valence-electron chi connectivity index (χ3n) is 2.81. The second-order valence-electron chi connectivity index (χ2n) is 4.15. The van der Waals surface area contributed by atoms with E-state index in [1.165, 1.54) is 23.9 Å². The van der Waals surface area contributed by atoms with E-state index in [-0.39, 0.29) is 11.4 Å². The summed E-state index contributed by atoms with van der Waals surface area (Å²) in [5, 5.41) is 13.0. The lowest BCUT2D eigenvalue weighted by atomic mass is 10.2. The van der Waals surface area contributed by atoms with Crippen LogP contribution in [0.4, 0.5) is 5.69 Å². The standard InChI is InChI=1S/C14H8N2O4S/c17-14-11-5-2-6-15-13(11)21-8-12(20-14)9-3-1-4-10(7-9)16(18)19/h1-8H. The fourth-order valence-electron chi connectivity index (χ4n) is 1.83. The number of ether oxygens (including phenoxy) is 1. The summed E-state index contributed by atoms with van der Waals surface area (Å²) >= 11 is 1.24. The highest BCUT2D eigenvalue weighted by Crippen LogP contribution is 2.32. The zero-order valence-corrected chi connectivity index (χ0v) is 11.4. The highest BCUT2D eigenvalue weighted by Gasteiger charge is 2.21. The van der Waals surface area contributed by atoms with Gasteiger partial charge in [-0.05, 0) is 12.1 Å². The van der Waals surface area contributed by atoms with Crippen LogP contribution in [0.15, 0.2) is 53.0 Å². The van der Waals surface area contributed by atoms with Crippen LogP contribution in [-0.4, -0.2) is 15.9 Å². The second-order valence-corrected chi connectivity index (χ2v) is 5.01. The Labute approximate surface area is 123 Å². The molecule has 1 aromatic carbocycles. The van der Waals surface area contributed by atoms with Gasteiger partial charge in [0, 0.05) is 29.3 Å². The van der Waals surface area contributed by atoms with Gasteiger partial charge >= 0.3 is 5.97 Å². The van der Waals surface area contributed by atoms with Crippen molar-refractivity contribution >= 4 is 29.2 Å². The summed E-state index contributed by atoms with van der Waals surface area (Å²) < 4.78 is 5.30. The van der Waals surface area contributed by atoms with Crippen LogP contribution in [0, 0.1) is 10.1 Å². The van der Waals surface area contributed by atoms with Gasteiger partial charge < -0.3 is 4.74 Å². The molecule has 0 unspecified atom stereocenters. The molecule has 0 N–H and O–H groups in total. The Kier molecular flexibility index (Phi) is 3.41. The van der Waals surface area contributed by atoms with E-state index in [1.54, 1.807) is 35.9 Å². The molecule has 0 saturated heterocycles. The number of fused-ring (bicyclic) bond motifs is 1. The monoisotopic (exact) mass is 300 g/mol. The van der Waals surface area contributed by atoms with E-state index < -0.39 is 10.9 Å². The van der Waals surface area contributed by atoms with E-state index in [9.17, 15) is 14.9 Å². The number of thioether (sulfide) groups is 1. The van der Waals surface area contributed by atoms with E-state index in [0.29, 0.717) is 16.2 Å². The first kappa shape index (κ1) is 13.3. The zero-order chi connectivity index (χ0) is 14.8. The average molecular weight is 300 g/mol. The summed E-state index contributed by atoms with van der Waals surface area (Å²) in [4.78, 5) is 26.5. The van der Waals surface area contributed by atoms with Gasteiger partial charge in [-0.15, -0.1) is 0 Å². The molecule has 6 nitrogen and oxygen atoms in total. The van der Waals surface area contributed by atoms with Gasteiger partial charge in [0.2, 0.25) is 0 Å². The van der Waals surface area contributed by atoms with E-state index in [2.05, 4.69) is 4.98 Å². The zero-order valence-electron chi connectivity index (χ0n) is 10.6. The molecule has 3 rings (SSSR count). The van der Waals surface area contributed by atoms with Gasteiger partial charge in [-0.1, -0.05) is 23.9 Å². The molecular weight excluding hydrogens is 292 g/mol. The van der Waals surface area contributed by atoms with Crippen LogP contribution in [0.1, 0.15) is 15.9 Å². The normalized spacial score (nSPS) is 13.7. The number of nitrogens with zero attached hydrogens (tertiary/aromatic N) is 2. The number of hydrogen-bond donors (Lipinski definition) is 0. The third-order valence-corrected chi connectivity index (χ3v) is 3.69. The van der Waals surface area contributed by atoms with Crippen LogP contribution in [0.5, 0.6) is 0 Å². The van der Waals surface area contributed by atoms with Crippen LogP contribution >= 0.6 is 11.8 Å². The number of carbonyl (C=O) groups is 1. The first-order chi connectivity index (χ1) is 10.1. The quantitative estimate of drug-likeness (QED) is 0.481. The molecule has 2 aromatic rings. The number of carbonyl (C=O) groups excluding carboxylic acids is 1. The van der Waals surface area contributed by atoms with Crippen LogP contribution in [-0.2, 0) is 4.74 Å². The van der Waals surface area contributed by atoms with Crippen LogP contribution in [0.25, 0.3) is 5.76 Å². The van der Waals surface area contributed by atoms with Crippen LogP contribution in [0.3, 0.4) is 0 Å². The number of nitro groups is 1. The van der Waals surface area contributed by atoms with Gasteiger partial charge in [-0.2, -0.15) is 0 Å². The van der Waals surface area contributed by atoms with E-state index in [0.717, 1.165) is 0 Å². The van der Waals surface area contributed by atoms with Crippen LogP contribution < -0.4 is 0 Å². The number of benzene rings is 1. The van der Waals surface area contributed by atoms with Crippen LogP contribution in [0.2, 0.25) is 0 Å². The predicted octanol–water partition coefficient (Wildman–Crippen LogP) is 3.25. The van der Waals surface area contributed by atoms with Gasteiger partial charge in [0.1, 0.15) is 10.8 Å². The maximum atomic E-state index is 12.1. The van der Waals surface area contributed by atoms with Gasteiger partial charge in [-0.25, -0.2) is 9.78 Å². The minimum absolute atomic E-state index is 0.0608. The Morgan fingerprint density at radius 2 is 2.10 bits per heavy atom. The lowest BCUT2D eigenvalue weighted by molar-refractivity contribution is -0.384. The number of cyclic esters (lactones) is 1. The Balaban J connectivity index is 1.98. The van der Waals surface area contributed by atoms with Gasteiger partial charge in [0.15, 0.2) is 0 Å². The molecule has 7 heteroatoms. The van der Waals surface area contributed by atoms with Gasteiger partial charge in [-0.3, -0.25) is 10.1 Å². The third kappa shape index (κ3) is 2.63. The van der Waals surface area contributed by atoms with Crippen molar-refractivity contribution in [3.05, 3.63) is 69.2 Å². The molecule has 21 heavy (non-hydrogen) atoms. The van der Waals surface area contributed by atoms with E-state index >= 15 is 0 Å². The summed E-state index contributed by atoms with van der Waals surface area (Å²) in [6.45, 7) is 0. The highest BCUT2D eigenvalue weighted by atomic mass is 32.2. The molecular formula is C14H8N2O4S. The Bertz CT molecular complexity index is 773. The lowest BCUT2D eigenvalue weighted by Crippen LogP contribution is -2.05. The summed E-state index contributed by atoms with van der Waals surface area (Å²) in [5.74, 6) is -0.257. The second kappa shape index (κ2) is 5.37. The van der Waals surface area contributed by atoms with Crippen molar-refractivity contribution in [2.75, 3.05) is 0 Å². The largest absolute Gasteiger partial charge is 0.422 e. The molecule has 0 bridgehead atoms. The number of non-ortho nitro benzene ring substituents is 1. The molecule has 0 aliphatic carbocycles. The van der Waals surface area contributed by atoms with Gasteiger partial charge in [0.25, 0.3) is 5.69 Å². The van der Waals surface area contributed by atoms with Crippen molar-refractivity contribution in [1.29, 1.82) is 0 Å². The maximum Gasteiger partial charge on any atom is 0.346 e. The fourth-order valence-corrected chi connectivity index (χ4v) is 2.63. The minimum Gasteiger partial charge on any atom is -0.422 e. The number of pyridine rings is 1. The van der Waals surface area contributed by atoms with Crippen molar-refractivity contribution in [2.24, 2.45) is 0 Å². The number of hydrogen-bond acceptors (Lipinski definition) is 6. The Morgan fingerprint density at radius 1 is 1.24 bits per heavy atom. The van der Waals surface area contributed by atoms with Crippen molar-refractivity contribution < 1.29 is 14.5 Å². The predicted molar refractivity (Wildman–Crippen MR) is 76.6 cm³/mol. The molecule has 2 heterocycles. The molecule has 0 atom stereocenters. The number of nitro benzene ring substituents is 1. The Morgan fingerprint density at radius 3 is 2.90 bits per heavy atom. The minimum atomic E-state index is -0.527. The van der Waals surface area contributed by atoms with Crippen molar-refractivity contribution in [1.82, 2.24) is 4.98 Å². The molecule has 1 aliphatic heterocycles.